The van der Waals surface area contributed by atoms with Crippen molar-refractivity contribution in [3.8, 4) is 0 Å². The molecule has 3 rings (SSSR count). The van der Waals surface area contributed by atoms with E-state index in [0.29, 0.717) is 64.2 Å². The second-order valence-electron chi connectivity index (χ2n) is 15.0. The minimum absolute atomic E-state index is 0.0113. The molecular formula is C40H60F4O10. The van der Waals surface area contributed by atoms with Crippen LogP contribution in [-0.2, 0) is 28.7 Å². The topological polar surface area (TPSA) is 175 Å². The van der Waals surface area contributed by atoms with Gasteiger partial charge in [0.25, 0.3) is 0 Å². The van der Waals surface area contributed by atoms with Crippen LogP contribution in [0.25, 0.3) is 0 Å². The van der Waals surface area contributed by atoms with Crippen LogP contribution in [0.3, 0.4) is 0 Å². The minimum atomic E-state index is -3.34. The Hall–Kier alpha value is -2.97. The summed E-state index contributed by atoms with van der Waals surface area (Å²) in [4.78, 5) is 57.1. The number of hydrogen-bond acceptors (Lipinski definition) is 8. The fourth-order valence-corrected chi connectivity index (χ4v) is 7.55. The Bertz CT molecular complexity index is 1300. The summed E-state index contributed by atoms with van der Waals surface area (Å²) < 4.78 is 61.8. The molecule has 0 bridgehead atoms. The van der Waals surface area contributed by atoms with Crippen molar-refractivity contribution in [2.45, 2.75) is 172 Å². The molecule has 10 nitrogen and oxygen atoms in total. The number of alkyl halides is 4. The van der Waals surface area contributed by atoms with E-state index in [1.165, 1.54) is 0 Å². The van der Waals surface area contributed by atoms with Gasteiger partial charge in [-0.15, -0.1) is 0 Å². The van der Waals surface area contributed by atoms with Gasteiger partial charge >= 0.3 is 23.8 Å². The number of aliphatic carboxylic acids is 2. The third kappa shape index (κ3) is 14.6. The van der Waals surface area contributed by atoms with Crippen LogP contribution in [0.15, 0.2) is 24.3 Å². The first-order valence-corrected chi connectivity index (χ1v) is 19.5. The van der Waals surface area contributed by atoms with Crippen LogP contribution in [0.4, 0.5) is 17.6 Å². The molecule has 0 amide bonds. The SMILES string of the molecule is CCCCC(F)(F)C(=O)CC[C@H]1[C@H](O)CC(=O)[C@@H]1CC=CCCCC(=O)O.CCCCC(F)(F)C1(O)CC[C@H]2[C@@H](CC(=O)[C@@H]2C/C=C\CCCC(=O)O)O1. The number of carboxylic acid groups (broad SMARTS) is 2. The smallest absolute Gasteiger partial charge is 0.305 e. The van der Waals surface area contributed by atoms with Crippen LogP contribution < -0.4 is 0 Å². The van der Waals surface area contributed by atoms with Crippen LogP contribution in [0.1, 0.15) is 142 Å². The number of hydrogen-bond donors (Lipinski definition) is 4. The Labute approximate surface area is 315 Å². The fraction of sp³-hybridized carbons (Fsp3) is 0.775. The van der Waals surface area contributed by atoms with Crippen molar-refractivity contribution >= 4 is 29.3 Å². The van der Waals surface area contributed by atoms with E-state index in [4.69, 9.17) is 14.9 Å². The second kappa shape index (κ2) is 22.6. The molecule has 2 saturated carbocycles. The summed E-state index contributed by atoms with van der Waals surface area (Å²) >= 11 is 0. The molecule has 0 aromatic carbocycles. The van der Waals surface area contributed by atoms with Crippen LogP contribution in [0.5, 0.6) is 0 Å². The number of ether oxygens (including phenoxy) is 1. The maximum Gasteiger partial charge on any atom is 0.305 e. The van der Waals surface area contributed by atoms with Crippen molar-refractivity contribution in [2.24, 2.45) is 23.7 Å². The van der Waals surface area contributed by atoms with E-state index >= 15 is 0 Å². The Morgan fingerprint density at radius 3 is 1.89 bits per heavy atom. The van der Waals surface area contributed by atoms with Gasteiger partial charge in [-0.3, -0.25) is 24.0 Å². The van der Waals surface area contributed by atoms with Gasteiger partial charge in [0.15, 0.2) is 0 Å². The number of aliphatic hydroxyl groups excluding tert-OH is 1. The number of ketones is 3. The summed E-state index contributed by atoms with van der Waals surface area (Å²) in [6.07, 6.45) is 9.86. The summed E-state index contributed by atoms with van der Waals surface area (Å²) in [5.41, 5.74) is 0. The standard InChI is InChI=1S/2C20H30F2O5/c1-2-3-11-19(21,22)20(26)12-10-15-14(16(23)13-17(15)27-20)8-6-4-5-7-9-18(24)25;1-2-3-12-20(21,22)18(25)11-10-15-14(16(23)13-17(15)24)8-6-4-5-7-9-19(26)27/h4,6,14-15,17,26H,2-3,5,7-13H2,1H3,(H,24,25);4,6,14-15,17,24H,2-3,5,7-13H2,1H3,(H,26,27)/b6-4-;/t14-,15-,17-,20?;14-,15-,17-/m11/s1. The fourth-order valence-electron chi connectivity index (χ4n) is 7.55. The van der Waals surface area contributed by atoms with Gasteiger partial charge in [0.1, 0.15) is 11.6 Å². The lowest BCUT2D eigenvalue weighted by Crippen LogP contribution is -2.55. The van der Waals surface area contributed by atoms with Gasteiger partial charge in [-0.25, -0.2) is 8.78 Å². The van der Waals surface area contributed by atoms with E-state index in [1.54, 1.807) is 19.1 Å². The molecule has 308 valence electrons. The molecule has 14 heteroatoms. The summed E-state index contributed by atoms with van der Waals surface area (Å²) in [6.45, 7) is 3.59. The number of carboxylic acids is 2. The number of carbonyl (C=O) groups excluding carboxylic acids is 3. The molecule has 4 N–H and O–H groups in total. The van der Waals surface area contributed by atoms with E-state index in [9.17, 15) is 51.7 Å². The quantitative estimate of drug-likeness (QED) is 0.0452. The highest BCUT2D eigenvalue weighted by molar-refractivity contribution is 5.87. The lowest BCUT2D eigenvalue weighted by Gasteiger charge is -2.43. The molecule has 0 aromatic heterocycles. The number of carbonyl (C=O) groups is 5. The summed E-state index contributed by atoms with van der Waals surface area (Å²) in [6, 6.07) is 0. The van der Waals surface area contributed by atoms with Crippen molar-refractivity contribution in [2.75, 3.05) is 0 Å². The highest BCUT2D eigenvalue weighted by atomic mass is 19.3. The largest absolute Gasteiger partial charge is 0.481 e. The van der Waals surface area contributed by atoms with Crippen molar-refractivity contribution < 1.29 is 66.7 Å². The highest BCUT2D eigenvalue weighted by Crippen LogP contribution is 2.49. The van der Waals surface area contributed by atoms with Crippen molar-refractivity contribution in [3.05, 3.63) is 24.3 Å². The molecule has 2 aliphatic carbocycles. The Morgan fingerprint density at radius 2 is 1.33 bits per heavy atom. The summed E-state index contributed by atoms with van der Waals surface area (Å²) in [5.74, 6) is -13.5. The predicted molar refractivity (Wildman–Crippen MR) is 192 cm³/mol. The molecule has 0 spiro atoms. The first kappa shape index (κ1) is 47.2. The van der Waals surface area contributed by atoms with Crippen molar-refractivity contribution in [1.82, 2.24) is 0 Å². The van der Waals surface area contributed by atoms with Crippen LogP contribution in [0, 0.1) is 23.7 Å². The van der Waals surface area contributed by atoms with Crippen LogP contribution in [-0.4, -0.2) is 79.6 Å². The van der Waals surface area contributed by atoms with Gasteiger partial charge in [-0.1, -0.05) is 51.0 Å². The molecule has 3 aliphatic rings. The third-order valence-electron chi connectivity index (χ3n) is 10.8. The molecule has 0 aromatic rings. The number of aliphatic hydroxyl groups is 2. The van der Waals surface area contributed by atoms with Crippen molar-refractivity contribution in [3.63, 3.8) is 0 Å². The first-order chi connectivity index (χ1) is 25.4. The van der Waals surface area contributed by atoms with E-state index in [0.717, 1.165) is 0 Å². The lowest BCUT2D eigenvalue weighted by molar-refractivity contribution is -0.356. The van der Waals surface area contributed by atoms with Gasteiger partial charge in [-0.2, -0.15) is 8.78 Å². The van der Waals surface area contributed by atoms with Crippen LogP contribution >= 0.6 is 0 Å². The highest BCUT2D eigenvalue weighted by Gasteiger charge is 2.60. The van der Waals surface area contributed by atoms with Gasteiger partial charge in [0.05, 0.1) is 12.2 Å². The zero-order valence-corrected chi connectivity index (χ0v) is 31.7. The number of allylic oxidation sites excluding steroid dienone is 4. The zero-order valence-electron chi connectivity index (χ0n) is 31.7. The normalized spacial score (nSPS) is 27.3. The Kier molecular flexibility index (Phi) is 19.7. The molecular weight excluding hydrogens is 716 g/mol. The maximum atomic E-state index is 14.4. The van der Waals surface area contributed by atoms with E-state index in [-0.39, 0.29) is 74.8 Å². The molecule has 0 radical (unpaired) electrons. The van der Waals surface area contributed by atoms with Gasteiger partial charge in [0.2, 0.25) is 11.6 Å². The lowest BCUT2D eigenvalue weighted by atomic mass is 9.82. The van der Waals surface area contributed by atoms with E-state index in [2.05, 4.69) is 0 Å². The maximum absolute atomic E-state index is 14.4. The third-order valence-corrected chi connectivity index (χ3v) is 10.8. The molecule has 3 fully saturated rings. The molecule has 1 aliphatic heterocycles. The average molecular weight is 777 g/mol. The Balaban J connectivity index is 0.000000373. The minimum Gasteiger partial charge on any atom is -0.481 e. The van der Waals surface area contributed by atoms with Crippen molar-refractivity contribution in [1.29, 1.82) is 0 Å². The van der Waals surface area contributed by atoms with E-state index in [1.807, 2.05) is 19.1 Å². The molecule has 1 saturated heterocycles. The molecule has 54 heavy (non-hydrogen) atoms. The molecule has 7 atom stereocenters. The predicted octanol–water partition coefficient (Wildman–Crippen LogP) is 8.01. The Morgan fingerprint density at radius 1 is 0.796 bits per heavy atom. The number of unbranched alkanes of at least 4 members (excludes halogenated alkanes) is 4. The van der Waals surface area contributed by atoms with Crippen LogP contribution in [0.2, 0.25) is 0 Å². The molecule has 1 heterocycles. The zero-order chi connectivity index (χ0) is 40.5. The number of Topliss-reactive ketones (excluding diaryl/α,β-unsaturated/α-hetero) is 3. The summed E-state index contributed by atoms with van der Waals surface area (Å²) in [5, 5.41) is 37.7. The molecule has 1 unspecified atom stereocenters. The second-order valence-corrected chi connectivity index (χ2v) is 15.0. The average Bonchev–Trinajstić information content (AvgIpc) is 3.55. The number of halogens is 4. The van der Waals surface area contributed by atoms with Gasteiger partial charge in [0, 0.05) is 63.2 Å². The van der Waals surface area contributed by atoms with Gasteiger partial charge in [-0.05, 0) is 76.0 Å². The van der Waals surface area contributed by atoms with E-state index < -0.39 is 72.2 Å². The monoisotopic (exact) mass is 776 g/mol. The number of rotatable bonds is 23. The number of fused-ring (bicyclic) bond motifs is 1. The summed E-state index contributed by atoms with van der Waals surface area (Å²) in [7, 11) is 0. The van der Waals surface area contributed by atoms with Gasteiger partial charge < -0.3 is 25.2 Å². The first-order valence-electron chi connectivity index (χ1n) is 19.5.